The maximum atomic E-state index is 6.26. The normalized spacial score (nSPS) is 13.0. The highest BCUT2D eigenvalue weighted by Gasteiger charge is 2.21. The second kappa shape index (κ2) is 23.6. The van der Waals surface area contributed by atoms with Crippen molar-refractivity contribution >= 4 is 25.3 Å². The molecule has 0 unspecified atom stereocenters. The van der Waals surface area contributed by atoms with E-state index in [-0.39, 0.29) is 12.2 Å². The predicted molar refractivity (Wildman–Crippen MR) is 181 cm³/mol. The molecule has 0 aliphatic rings. The molecule has 40 heavy (non-hydrogen) atoms. The number of ether oxygens (including phenoxy) is 2. The summed E-state index contributed by atoms with van der Waals surface area (Å²) < 4.78 is 12.5. The minimum absolute atomic E-state index is 0.0928. The summed E-state index contributed by atoms with van der Waals surface area (Å²) in [5.41, 5.74) is 5.25. The number of aryl methyl sites for hydroxylation is 2. The van der Waals surface area contributed by atoms with Gasteiger partial charge in [-0.25, -0.2) is 0 Å². The van der Waals surface area contributed by atoms with E-state index in [9.17, 15) is 0 Å². The number of benzene rings is 2. The minimum atomic E-state index is -0.0928. The molecule has 0 aromatic heterocycles. The summed E-state index contributed by atoms with van der Waals surface area (Å²) in [6.45, 7) is 5.70. The fourth-order valence-corrected chi connectivity index (χ4v) is 5.82. The van der Waals surface area contributed by atoms with Gasteiger partial charge in [0.2, 0.25) is 0 Å². The standard InChI is InChI=1S/C36H58O2S2/c1-3-5-7-9-11-13-15-17-31-19-23-33(24-20-31)27-37-35(29-39)36(30-40)38-28-34-25-21-32(22-26-34)18-16-14-12-10-8-6-4-2/h19-26,35-36,39-40H,3-18,27-30H2,1-2H3/t35-,36+. The molecule has 0 aliphatic carbocycles. The summed E-state index contributed by atoms with van der Waals surface area (Å²) in [5.74, 6) is 1.22. The number of hydrogen-bond acceptors (Lipinski definition) is 4. The molecule has 0 radical (unpaired) electrons. The Morgan fingerprint density at radius 1 is 0.450 bits per heavy atom. The first-order chi connectivity index (χ1) is 19.7. The molecule has 0 heterocycles. The van der Waals surface area contributed by atoms with E-state index in [0.717, 1.165) is 0 Å². The van der Waals surface area contributed by atoms with Gasteiger partial charge in [0.15, 0.2) is 0 Å². The molecular formula is C36H58O2S2. The van der Waals surface area contributed by atoms with Gasteiger partial charge in [-0.15, -0.1) is 0 Å². The smallest absolute Gasteiger partial charge is 0.0937 e. The van der Waals surface area contributed by atoms with Gasteiger partial charge in [0, 0.05) is 11.5 Å². The van der Waals surface area contributed by atoms with Crippen LogP contribution in [-0.2, 0) is 35.5 Å². The lowest BCUT2D eigenvalue weighted by molar-refractivity contribution is -0.0639. The number of hydrogen-bond donors (Lipinski definition) is 2. The maximum absolute atomic E-state index is 6.26. The van der Waals surface area contributed by atoms with Crippen LogP contribution >= 0.6 is 25.3 Å². The van der Waals surface area contributed by atoms with Crippen molar-refractivity contribution in [1.29, 1.82) is 0 Å². The van der Waals surface area contributed by atoms with Gasteiger partial charge in [0.1, 0.15) is 0 Å². The Bertz CT molecular complexity index is 765. The second-order valence-electron chi connectivity index (χ2n) is 11.4. The number of thiol groups is 2. The second-order valence-corrected chi connectivity index (χ2v) is 12.2. The minimum Gasteiger partial charge on any atom is -0.370 e. The summed E-state index contributed by atoms with van der Waals surface area (Å²) in [6, 6.07) is 17.9. The van der Waals surface area contributed by atoms with Crippen LogP contribution in [0.4, 0.5) is 0 Å². The highest BCUT2D eigenvalue weighted by Crippen LogP contribution is 2.17. The molecule has 2 rings (SSSR count). The fraction of sp³-hybridized carbons (Fsp3) is 0.667. The third-order valence-corrected chi connectivity index (χ3v) is 8.61. The summed E-state index contributed by atoms with van der Waals surface area (Å²) in [7, 11) is 0. The lowest BCUT2D eigenvalue weighted by Gasteiger charge is -2.25. The van der Waals surface area contributed by atoms with E-state index in [1.54, 1.807) is 0 Å². The van der Waals surface area contributed by atoms with Crippen molar-refractivity contribution in [2.45, 2.75) is 142 Å². The first-order valence-electron chi connectivity index (χ1n) is 16.3. The van der Waals surface area contributed by atoms with E-state index in [1.165, 1.54) is 125 Å². The zero-order chi connectivity index (χ0) is 28.7. The van der Waals surface area contributed by atoms with Crippen molar-refractivity contribution in [2.24, 2.45) is 0 Å². The molecule has 0 spiro atoms. The van der Waals surface area contributed by atoms with E-state index in [1.807, 2.05) is 0 Å². The summed E-state index contributed by atoms with van der Waals surface area (Å²) in [6.07, 6.45) is 21.1. The largest absolute Gasteiger partial charge is 0.370 e. The molecule has 2 atom stereocenters. The molecule has 2 aromatic rings. The van der Waals surface area contributed by atoms with E-state index in [4.69, 9.17) is 9.47 Å². The average molecular weight is 587 g/mol. The van der Waals surface area contributed by atoms with E-state index in [2.05, 4.69) is 87.6 Å². The molecule has 0 saturated carbocycles. The molecule has 226 valence electrons. The Labute approximate surface area is 258 Å². The Hall–Kier alpha value is -0.940. The molecular weight excluding hydrogens is 529 g/mol. The third-order valence-electron chi connectivity index (χ3n) is 7.89. The fourth-order valence-electron chi connectivity index (χ4n) is 5.14. The van der Waals surface area contributed by atoms with Crippen LogP contribution in [0.25, 0.3) is 0 Å². The van der Waals surface area contributed by atoms with E-state index in [0.29, 0.717) is 24.7 Å². The van der Waals surface area contributed by atoms with Crippen LogP contribution in [0, 0.1) is 0 Å². The van der Waals surface area contributed by atoms with Gasteiger partial charge < -0.3 is 9.47 Å². The molecule has 0 bridgehead atoms. The Kier molecular flexibility index (Phi) is 20.8. The molecule has 2 nitrogen and oxygen atoms in total. The van der Waals surface area contributed by atoms with Crippen LogP contribution in [0.5, 0.6) is 0 Å². The average Bonchev–Trinajstić information content (AvgIpc) is 2.99. The third kappa shape index (κ3) is 15.9. The summed E-state index contributed by atoms with van der Waals surface area (Å²) in [5, 5.41) is 0. The number of unbranched alkanes of at least 4 members (excludes halogenated alkanes) is 12. The molecule has 2 aromatic carbocycles. The van der Waals surface area contributed by atoms with Crippen molar-refractivity contribution in [2.75, 3.05) is 11.5 Å². The molecule has 0 N–H and O–H groups in total. The van der Waals surface area contributed by atoms with Gasteiger partial charge in [0.05, 0.1) is 25.4 Å². The molecule has 0 aliphatic heterocycles. The number of rotatable bonds is 25. The highest BCUT2D eigenvalue weighted by atomic mass is 32.1. The molecule has 4 heteroatoms. The van der Waals surface area contributed by atoms with Gasteiger partial charge in [-0.1, -0.05) is 139 Å². The lowest BCUT2D eigenvalue weighted by atomic mass is 10.0. The Morgan fingerprint density at radius 2 is 0.750 bits per heavy atom. The summed E-state index contributed by atoms with van der Waals surface area (Å²) in [4.78, 5) is 0. The lowest BCUT2D eigenvalue weighted by Crippen LogP contribution is -2.34. The van der Waals surface area contributed by atoms with E-state index >= 15 is 0 Å². The predicted octanol–water partition coefficient (Wildman–Crippen LogP) is 10.6. The Balaban J connectivity index is 1.67. The monoisotopic (exact) mass is 586 g/mol. The van der Waals surface area contributed by atoms with Crippen LogP contribution in [0.15, 0.2) is 48.5 Å². The first kappa shape index (κ1) is 35.3. The summed E-state index contributed by atoms with van der Waals surface area (Å²) >= 11 is 9.13. The van der Waals surface area contributed by atoms with Gasteiger partial charge in [-0.2, -0.15) is 25.3 Å². The molecule has 0 fully saturated rings. The maximum Gasteiger partial charge on any atom is 0.0937 e. The van der Waals surface area contributed by atoms with Gasteiger partial charge >= 0.3 is 0 Å². The SMILES string of the molecule is CCCCCCCCCc1ccc(CO[C@@H](CS)[C@@H](CS)OCc2ccc(CCCCCCCCC)cc2)cc1. The van der Waals surface area contributed by atoms with Gasteiger partial charge in [-0.05, 0) is 47.9 Å². The van der Waals surface area contributed by atoms with Crippen LogP contribution in [0.2, 0.25) is 0 Å². The molecule has 0 amide bonds. The van der Waals surface area contributed by atoms with Crippen molar-refractivity contribution in [3.8, 4) is 0 Å². The first-order valence-corrected chi connectivity index (χ1v) is 17.6. The van der Waals surface area contributed by atoms with Crippen LogP contribution < -0.4 is 0 Å². The zero-order valence-corrected chi connectivity index (χ0v) is 27.4. The molecule has 0 saturated heterocycles. The van der Waals surface area contributed by atoms with E-state index < -0.39 is 0 Å². The topological polar surface area (TPSA) is 18.5 Å². The highest BCUT2D eigenvalue weighted by molar-refractivity contribution is 7.80. The van der Waals surface area contributed by atoms with Crippen LogP contribution in [-0.4, -0.2) is 23.7 Å². The Morgan fingerprint density at radius 3 is 1.07 bits per heavy atom. The van der Waals surface area contributed by atoms with Gasteiger partial charge in [-0.3, -0.25) is 0 Å². The van der Waals surface area contributed by atoms with Crippen LogP contribution in [0.3, 0.4) is 0 Å². The van der Waals surface area contributed by atoms with Crippen molar-refractivity contribution in [1.82, 2.24) is 0 Å². The van der Waals surface area contributed by atoms with Crippen molar-refractivity contribution in [3.63, 3.8) is 0 Å². The van der Waals surface area contributed by atoms with Crippen molar-refractivity contribution in [3.05, 3.63) is 70.8 Å². The van der Waals surface area contributed by atoms with Crippen molar-refractivity contribution < 1.29 is 9.47 Å². The zero-order valence-electron chi connectivity index (χ0n) is 25.6. The quantitative estimate of drug-likeness (QED) is 0.0890. The van der Waals surface area contributed by atoms with Gasteiger partial charge in [0.25, 0.3) is 0 Å². The van der Waals surface area contributed by atoms with Crippen LogP contribution in [0.1, 0.15) is 126 Å².